The zero-order chi connectivity index (χ0) is 31.2. The van der Waals surface area contributed by atoms with Gasteiger partial charge in [0.05, 0.1) is 21.5 Å². The van der Waals surface area contributed by atoms with Crippen LogP contribution in [0.2, 0.25) is 5.02 Å². The van der Waals surface area contributed by atoms with Gasteiger partial charge in [-0.1, -0.05) is 95.2 Å². The van der Waals surface area contributed by atoms with Crippen molar-refractivity contribution in [2.24, 2.45) is 5.92 Å². The molecule has 3 rings (SSSR count). The average molecular weight is 628 g/mol. The van der Waals surface area contributed by atoms with Crippen molar-refractivity contribution in [3.8, 4) is 22.6 Å². The normalized spacial score (nSPS) is 12.3. The van der Waals surface area contributed by atoms with Crippen LogP contribution in [0, 0.1) is 5.92 Å². The number of halogens is 2. The largest absolute Gasteiger partial charge is 0.461 e. The highest BCUT2D eigenvalue weighted by Gasteiger charge is 2.17. The summed E-state index contributed by atoms with van der Waals surface area (Å²) in [4.78, 5) is 37.3. The van der Waals surface area contributed by atoms with Crippen LogP contribution in [0.3, 0.4) is 0 Å². The van der Waals surface area contributed by atoms with Crippen LogP contribution in [0.1, 0.15) is 92.9 Å². The van der Waals surface area contributed by atoms with Gasteiger partial charge in [-0.25, -0.2) is 9.59 Å². The minimum atomic E-state index is -0.588. The molecule has 0 aliphatic heterocycles. The minimum absolute atomic E-state index is 0.159. The van der Waals surface area contributed by atoms with Crippen molar-refractivity contribution < 1.29 is 28.6 Å². The molecule has 8 heteroatoms. The van der Waals surface area contributed by atoms with E-state index < -0.39 is 11.9 Å². The third-order valence-corrected chi connectivity index (χ3v) is 8.13. The van der Waals surface area contributed by atoms with Gasteiger partial charge in [0.2, 0.25) is 0 Å². The number of carbonyl (C=O) groups excluding carboxylic acids is 3. The lowest BCUT2D eigenvalue weighted by Crippen LogP contribution is -2.20. The summed E-state index contributed by atoms with van der Waals surface area (Å²) in [7, 11) is 0. The van der Waals surface area contributed by atoms with E-state index in [2.05, 4.69) is 6.92 Å². The minimum Gasteiger partial charge on any atom is -0.461 e. The van der Waals surface area contributed by atoms with Gasteiger partial charge in [0.1, 0.15) is 18.1 Å². The van der Waals surface area contributed by atoms with E-state index in [0.717, 1.165) is 36.8 Å². The van der Waals surface area contributed by atoms with E-state index in [0.29, 0.717) is 17.7 Å². The Balaban J connectivity index is 1.50. The van der Waals surface area contributed by atoms with Gasteiger partial charge < -0.3 is 14.2 Å². The fourth-order valence-corrected chi connectivity index (χ4v) is 4.73. The van der Waals surface area contributed by atoms with Gasteiger partial charge in [0.25, 0.3) is 0 Å². The van der Waals surface area contributed by atoms with E-state index in [-0.39, 0.29) is 40.2 Å². The van der Waals surface area contributed by atoms with Gasteiger partial charge in [0.15, 0.2) is 0 Å². The fraction of sp³-hybridized carbons (Fsp3) is 0.400. The Morgan fingerprint density at radius 2 is 1.35 bits per heavy atom. The molecule has 2 atom stereocenters. The molecule has 43 heavy (non-hydrogen) atoms. The van der Waals surface area contributed by atoms with E-state index in [9.17, 15) is 14.4 Å². The number of benzene rings is 3. The SMILES string of the molecule is CCCCCCCCC(=O)Oc1ccc(C(=O)Oc2ccc(-c3ccc(C(=O)OCC(Cl)C(C)CC)cc3)cc2)cc1Cl. The smallest absolute Gasteiger partial charge is 0.343 e. The number of rotatable bonds is 16. The van der Waals surface area contributed by atoms with Gasteiger partial charge in [-0.3, -0.25) is 4.79 Å². The first-order valence-corrected chi connectivity index (χ1v) is 15.8. The van der Waals surface area contributed by atoms with Crippen molar-refractivity contribution >= 4 is 41.1 Å². The maximum absolute atomic E-state index is 12.7. The second-order valence-electron chi connectivity index (χ2n) is 10.6. The molecule has 0 amide bonds. The molecule has 0 bridgehead atoms. The summed E-state index contributed by atoms with van der Waals surface area (Å²) in [6.45, 7) is 6.41. The van der Waals surface area contributed by atoms with Crippen LogP contribution in [0.15, 0.2) is 66.7 Å². The van der Waals surface area contributed by atoms with Gasteiger partial charge >= 0.3 is 17.9 Å². The van der Waals surface area contributed by atoms with Crippen LogP contribution in [-0.2, 0) is 9.53 Å². The fourth-order valence-electron chi connectivity index (χ4n) is 4.27. The standard InChI is InChI=1S/C35H40Cl2O6/c1-4-6-7-8-9-10-11-33(38)43-32-21-18-28(22-30(32)36)35(40)42-29-19-16-26(17-20-29)25-12-14-27(15-13-25)34(39)41-23-31(37)24(3)5-2/h12-22,24,31H,4-11,23H2,1-3H3. The van der Waals surface area contributed by atoms with Crippen molar-refractivity contribution in [2.45, 2.75) is 77.5 Å². The van der Waals surface area contributed by atoms with Crippen LogP contribution >= 0.6 is 23.2 Å². The maximum Gasteiger partial charge on any atom is 0.343 e. The first-order chi connectivity index (χ1) is 20.7. The van der Waals surface area contributed by atoms with Crippen LogP contribution in [-0.4, -0.2) is 29.9 Å². The molecule has 0 N–H and O–H groups in total. The van der Waals surface area contributed by atoms with E-state index >= 15 is 0 Å². The van der Waals surface area contributed by atoms with Gasteiger partial charge in [-0.15, -0.1) is 11.6 Å². The number of carbonyl (C=O) groups is 3. The van der Waals surface area contributed by atoms with E-state index in [4.69, 9.17) is 37.4 Å². The average Bonchev–Trinajstić information content (AvgIpc) is 3.02. The Labute approximate surface area is 264 Å². The Morgan fingerprint density at radius 1 is 0.744 bits per heavy atom. The number of ether oxygens (including phenoxy) is 3. The molecule has 2 unspecified atom stereocenters. The van der Waals surface area contributed by atoms with Crippen molar-refractivity contribution in [3.05, 3.63) is 82.9 Å². The Bertz CT molecular complexity index is 1340. The molecule has 0 aliphatic carbocycles. The highest BCUT2D eigenvalue weighted by Crippen LogP contribution is 2.28. The van der Waals surface area contributed by atoms with Crippen LogP contribution in [0.25, 0.3) is 11.1 Å². The lowest BCUT2D eigenvalue weighted by atomic mass is 10.0. The quantitative estimate of drug-likeness (QED) is 0.0681. The van der Waals surface area contributed by atoms with E-state index in [1.54, 1.807) is 24.3 Å². The van der Waals surface area contributed by atoms with Gasteiger partial charge in [0, 0.05) is 6.42 Å². The summed E-state index contributed by atoms with van der Waals surface area (Å²) >= 11 is 12.6. The summed E-state index contributed by atoms with van der Waals surface area (Å²) in [6.07, 6.45) is 7.70. The van der Waals surface area contributed by atoms with Crippen molar-refractivity contribution in [1.29, 1.82) is 0 Å². The van der Waals surface area contributed by atoms with E-state index in [1.807, 2.05) is 38.1 Å². The molecule has 3 aromatic rings. The highest BCUT2D eigenvalue weighted by molar-refractivity contribution is 6.32. The summed E-state index contributed by atoms with van der Waals surface area (Å²) < 4.78 is 16.2. The van der Waals surface area contributed by atoms with Crippen molar-refractivity contribution in [2.75, 3.05) is 6.61 Å². The van der Waals surface area contributed by atoms with E-state index in [1.165, 1.54) is 37.5 Å². The predicted octanol–water partition coefficient (Wildman–Crippen LogP) is 9.69. The molecular weight excluding hydrogens is 587 g/mol. The lowest BCUT2D eigenvalue weighted by Gasteiger charge is -2.16. The maximum atomic E-state index is 12.7. The third kappa shape index (κ3) is 11.0. The molecule has 3 aromatic carbocycles. The van der Waals surface area contributed by atoms with Crippen LogP contribution in [0.4, 0.5) is 0 Å². The molecule has 0 radical (unpaired) electrons. The number of hydrogen-bond acceptors (Lipinski definition) is 6. The number of hydrogen-bond donors (Lipinski definition) is 0. The van der Waals surface area contributed by atoms with Crippen molar-refractivity contribution in [1.82, 2.24) is 0 Å². The molecule has 0 aliphatic rings. The number of esters is 3. The lowest BCUT2D eigenvalue weighted by molar-refractivity contribution is -0.134. The first-order valence-electron chi connectivity index (χ1n) is 15.0. The Morgan fingerprint density at radius 3 is 1.98 bits per heavy atom. The summed E-state index contributed by atoms with van der Waals surface area (Å²) in [5.41, 5.74) is 2.45. The Kier molecular flexibility index (Phi) is 14.0. The summed E-state index contributed by atoms with van der Waals surface area (Å²) in [6, 6.07) is 18.5. The highest BCUT2D eigenvalue weighted by atomic mass is 35.5. The summed E-state index contributed by atoms with van der Waals surface area (Å²) in [5.74, 6) is -0.516. The predicted molar refractivity (Wildman–Crippen MR) is 171 cm³/mol. The molecule has 0 saturated heterocycles. The topological polar surface area (TPSA) is 78.9 Å². The molecular formula is C35H40Cl2O6. The molecule has 230 valence electrons. The molecule has 6 nitrogen and oxygen atoms in total. The summed E-state index contributed by atoms with van der Waals surface area (Å²) in [5, 5.41) is -0.0622. The first kappa shape index (κ1) is 34.1. The second-order valence-corrected chi connectivity index (χ2v) is 11.6. The van der Waals surface area contributed by atoms with Gasteiger partial charge in [-0.05, 0) is 65.9 Å². The molecule has 0 aromatic heterocycles. The van der Waals surface area contributed by atoms with Crippen molar-refractivity contribution in [3.63, 3.8) is 0 Å². The monoisotopic (exact) mass is 626 g/mol. The molecule has 0 heterocycles. The third-order valence-electron chi connectivity index (χ3n) is 7.28. The Hall–Kier alpha value is -3.35. The molecule has 0 saturated carbocycles. The molecule has 0 spiro atoms. The number of alkyl halides is 1. The number of unbranched alkanes of at least 4 members (excludes halogenated alkanes) is 5. The second kappa shape index (κ2) is 17.7. The zero-order valence-electron chi connectivity index (χ0n) is 25.1. The van der Waals surface area contributed by atoms with Crippen LogP contribution < -0.4 is 9.47 Å². The van der Waals surface area contributed by atoms with Crippen LogP contribution in [0.5, 0.6) is 11.5 Å². The zero-order valence-corrected chi connectivity index (χ0v) is 26.6. The molecule has 0 fully saturated rings. The van der Waals surface area contributed by atoms with Gasteiger partial charge in [-0.2, -0.15) is 0 Å².